The van der Waals surface area contributed by atoms with Gasteiger partial charge in [-0.05, 0) is 20.3 Å². The van der Waals surface area contributed by atoms with Crippen molar-refractivity contribution < 1.29 is 4.79 Å². The van der Waals surface area contributed by atoms with Crippen molar-refractivity contribution in [3.05, 3.63) is 12.2 Å². The fraction of sp³-hybridized carbons (Fsp3) is 0.700. The lowest BCUT2D eigenvalue weighted by molar-refractivity contribution is 0.203. The van der Waals surface area contributed by atoms with Crippen molar-refractivity contribution in [2.45, 2.75) is 26.7 Å². The molecule has 0 saturated carbocycles. The Balaban J connectivity index is 2.13. The number of nitrogens with zero attached hydrogens (tertiary/aromatic N) is 3. The lowest BCUT2D eigenvalue weighted by atomic mass is 10.3. The average Bonchev–Trinajstić information content (AvgIpc) is 2.79. The lowest BCUT2D eigenvalue weighted by Gasteiger charge is -2.18. The van der Waals surface area contributed by atoms with Crippen LogP contribution in [0.15, 0.2) is 6.33 Å². The van der Waals surface area contributed by atoms with Gasteiger partial charge in [0, 0.05) is 26.1 Å². The molecule has 0 spiro atoms. The maximum Gasteiger partial charge on any atom is 0.317 e. The molecule has 1 heterocycles. The number of hydrogen-bond acceptors (Lipinski definition) is 3. The summed E-state index contributed by atoms with van der Waals surface area (Å²) < 4.78 is 0. The molecule has 0 radical (unpaired) electrons. The molecule has 1 aromatic rings. The first-order chi connectivity index (χ1) is 7.77. The van der Waals surface area contributed by atoms with E-state index in [-0.39, 0.29) is 6.03 Å². The van der Waals surface area contributed by atoms with Gasteiger partial charge in [0.15, 0.2) is 0 Å². The van der Waals surface area contributed by atoms with Crippen LogP contribution in [0.3, 0.4) is 0 Å². The van der Waals surface area contributed by atoms with E-state index in [9.17, 15) is 4.79 Å². The second kappa shape index (κ2) is 6.81. The summed E-state index contributed by atoms with van der Waals surface area (Å²) in [6, 6.07) is 0.00238. The molecule has 0 aliphatic rings. The number of amides is 2. The smallest absolute Gasteiger partial charge is 0.317 e. The first kappa shape index (κ1) is 12.5. The zero-order valence-electron chi connectivity index (χ0n) is 9.86. The summed E-state index contributed by atoms with van der Waals surface area (Å²) in [5, 5.41) is 9.42. The third-order valence-corrected chi connectivity index (χ3v) is 2.38. The van der Waals surface area contributed by atoms with Crippen molar-refractivity contribution in [3.63, 3.8) is 0 Å². The third-order valence-electron chi connectivity index (χ3n) is 2.38. The summed E-state index contributed by atoms with van der Waals surface area (Å²) in [7, 11) is 0. The van der Waals surface area contributed by atoms with E-state index >= 15 is 0 Å². The van der Waals surface area contributed by atoms with Gasteiger partial charge in [0.1, 0.15) is 12.2 Å². The van der Waals surface area contributed by atoms with Gasteiger partial charge in [-0.3, -0.25) is 5.10 Å². The topological polar surface area (TPSA) is 73.9 Å². The standard InChI is InChI=1S/C10H19N5O/c1-3-15(4-2)10(16)11-7-5-6-9-12-8-13-14-9/h8H,3-7H2,1-2H3,(H,11,16)(H,12,13,14). The van der Waals surface area contributed by atoms with Gasteiger partial charge in [-0.2, -0.15) is 5.10 Å². The van der Waals surface area contributed by atoms with E-state index in [1.54, 1.807) is 4.90 Å². The minimum absolute atomic E-state index is 0.00238. The predicted octanol–water partition coefficient (Wildman–Crippen LogP) is 0.789. The molecule has 1 rings (SSSR count). The molecule has 0 saturated heterocycles. The van der Waals surface area contributed by atoms with Crippen LogP contribution in [0.25, 0.3) is 0 Å². The van der Waals surface area contributed by atoms with Gasteiger partial charge in [-0.25, -0.2) is 9.78 Å². The highest BCUT2D eigenvalue weighted by Gasteiger charge is 2.07. The number of aromatic amines is 1. The molecule has 0 unspecified atom stereocenters. The number of carbonyl (C=O) groups excluding carboxylic acids is 1. The van der Waals surface area contributed by atoms with Gasteiger partial charge in [-0.1, -0.05) is 0 Å². The van der Waals surface area contributed by atoms with Crippen LogP contribution >= 0.6 is 0 Å². The maximum absolute atomic E-state index is 11.5. The van der Waals surface area contributed by atoms with E-state index in [4.69, 9.17) is 0 Å². The van der Waals surface area contributed by atoms with E-state index in [0.29, 0.717) is 6.54 Å². The summed E-state index contributed by atoms with van der Waals surface area (Å²) in [4.78, 5) is 17.3. The van der Waals surface area contributed by atoms with Crippen molar-refractivity contribution in [2.75, 3.05) is 19.6 Å². The molecule has 0 aliphatic heterocycles. The number of rotatable bonds is 6. The zero-order chi connectivity index (χ0) is 11.8. The Morgan fingerprint density at radius 2 is 2.25 bits per heavy atom. The summed E-state index contributed by atoms with van der Waals surface area (Å²) in [5.74, 6) is 0.858. The zero-order valence-corrected chi connectivity index (χ0v) is 9.86. The number of aromatic nitrogens is 3. The van der Waals surface area contributed by atoms with Crippen LogP contribution in [-0.2, 0) is 6.42 Å². The number of aryl methyl sites for hydroxylation is 1. The third kappa shape index (κ3) is 3.88. The molecule has 0 atom stereocenters. The molecule has 0 aliphatic carbocycles. The number of H-pyrrole nitrogens is 1. The van der Waals surface area contributed by atoms with Crippen molar-refractivity contribution in [3.8, 4) is 0 Å². The van der Waals surface area contributed by atoms with Gasteiger partial charge in [0.25, 0.3) is 0 Å². The van der Waals surface area contributed by atoms with Gasteiger partial charge in [0.05, 0.1) is 0 Å². The van der Waals surface area contributed by atoms with Crippen molar-refractivity contribution in [1.82, 2.24) is 25.4 Å². The Morgan fingerprint density at radius 1 is 1.50 bits per heavy atom. The maximum atomic E-state index is 11.5. The first-order valence-corrected chi connectivity index (χ1v) is 5.65. The summed E-state index contributed by atoms with van der Waals surface area (Å²) >= 11 is 0. The highest BCUT2D eigenvalue weighted by Crippen LogP contribution is 1.93. The molecule has 0 aromatic carbocycles. The second-order valence-corrected chi connectivity index (χ2v) is 3.44. The van der Waals surface area contributed by atoms with E-state index in [1.807, 2.05) is 13.8 Å². The van der Waals surface area contributed by atoms with Gasteiger partial charge < -0.3 is 10.2 Å². The quantitative estimate of drug-likeness (QED) is 0.703. The summed E-state index contributed by atoms with van der Waals surface area (Å²) in [6.07, 6.45) is 3.16. The fourth-order valence-electron chi connectivity index (χ4n) is 1.43. The molecule has 16 heavy (non-hydrogen) atoms. The van der Waals surface area contributed by atoms with Crippen LogP contribution < -0.4 is 5.32 Å². The van der Waals surface area contributed by atoms with Crippen LogP contribution in [0.4, 0.5) is 4.79 Å². The lowest BCUT2D eigenvalue weighted by Crippen LogP contribution is -2.40. The van der Waals surface area contributed by atoms with Crippen LogP contribution in [0.2, 0.25) is 0 Å². The van der Waals surface area contributed by atoms with E-state index in [1.165, 1.54) is 6.33 Å². The molecule has 2 N–H and O–H groups in total. The van der Waals surface area contributed by atoms with E-state index < -0.39 is 0 Å². The van der Waals surface area contributed by atoms with Crippen molar-refractivity contribution in [2.24, 2.45) is 0 Å². The van der Waals surface area contributed by atoms with E-state index in [0.717, 1.165) is 31.8 Å². The van der Waals surface area contributed by atoms with Crippen LogP contribution in [0.5, 0.6) is 0 Å². The highest BCUT2D eigenvalue weighted by atomic mass is 16.2. The van der Waals surface area contributed by atoms with Crippen molar-refractivity contribution >= 4 is 6.03 Å². The molecule has 0 bridgehead atoms. The largest absolute Gasteiger partial charge is 0.338 e. The number of nitrogens with one attached hydrogen (secondary N) is 2. The molecule has 0 fully saturated rings. The predicted molar refractivity (Wildman–Crippen MR) is 61.0 cm³/mol. The molecular weight excluding hydrogens is 206 g/mol. The highest BCUT2D eigenvalue weighted by molar-refractivity contribution is 5.73. The van der Waals surface area contributed by atoms with Gasteiger partial charge >= 0.3 is 6.03 Å². The van der Waals surface area contributed by atoms with E-state index in [2.05, 4.69) is 20.5 Å². The second-order valence-electron chi connectivity index (χ2n) is 3.44. The number of hydrogen-bond donors (Lipinski definition) is 2. The van der Waals surface area contributed by atoms with Crippen LogP contribution in [-0.4, -0.2) is 45.7 Å². The molecule has 6 heteroatoms. The fourth-order valence-corrected chi connectivity index (χ4v) is 1.43. The molecular formula is C10H19N5O. The number of urea groups is 1. The van der Waals surface area contributed by atoms with Crippen molar-refractivity contribution in [1.29, 1.82) is 0 Å². The summed E-state index contributed by atoms with van der Waals surface area (Å²) in [5.41, 5.74) is 0. The Kier molecular flexibility index (Phi) is 5.31. The first-order valence-electron chi connectivity index (χ1n) is 5.65. The molecule has 90 valence electrons. The van der Waals surface area contributed by atoms with Crippen LogP contribution in [0.1, 0.15) is 26.1 Å². The van der Waals surface area contributed by atoms with Gasteiger partial charge in [-0.15, -0.1) is 0 Å². The Morgan fingerprint density at radius 3 is 2.81 bits per heavy atom. The summed E-state index contributed by atoms with van der Waals surface area (Å²) in [6.45, 7) is 6.08. The minimum Gasteiger partial charge on any atom is -0.338 e. The normalized spacial score (nSPS) is 10.1. The number of carbonyl (C=O) groups is 1. The monoisotopic (exact) mass is 225 g/mol. The van der Waals surface area contributed by atoms with Crippen LogP contribution in [0, 0.1) is 0 Å². The molecule has 6 nitrogen and oxygen atoms in total. The Hall–Kier alpha value is -1.59. The SMILES string of the molecule is CCN(CC)C(=O)NCCCc1ncn[nH]1. The Labute approximate surface area is 95.4 Å². The molecule has 2 amide bonds. The molecule has 1 aromatic heterocycles. The Bertz CT molecular complexity index is 294. The minimum atomic E-state index is 0.00238. The average molecular weight is 225 g/mol. The van der Waals surface area contributed by atoms with Gasteiger partial charge in [0.2, 0.25) is 0 Å².